The number of hydrogen-bond acceptors (Lipinski definition) is 6. The number of hydrogen-bond donors (Lipinski definition) is 2. The van der Waals surface area contributed by atoms with Gasteiger partial charge < -0.3 is 5.43 Å². The van der Waals surface area contributed by atoms with Gasteiger partial charge in [0.15, 0.2) is 5.82 Å². The van der Waals surface area contributed by atoms with E-state index < -0.39 is 0 Å². The highest BCUT2D eigenvalue weighted by molar-refractivity contribution is 5.62. The van der Waals surface area contributed by atoms with E-state index >= 15 is 0 Å². The smallest absolute Gasteiger partial charge is 0.158 e. The molecule has 2 aromatic heterocycles. The second kappa shape index (κ2) is 4.55. The number of aryl methyl sites for hydroxylation is 1. The number of nitriles is 1. The quantitative estimate of drug-likeness (QED) is 0.585. The molecule has 0 bridgehead atoms. The minimum Gasteiger partial charge on any atom is -0.307 e. The molecular formula is C11H10N6. The summed E-state index contributed by atoms with van der Waals surface area (Å²) in [5.41, 5.74) is 4.85. The Kier molecular flexibility index (Phi) is 2.94. The van der Waals surface area contributed by atoms with Crippen LogP contribution in [0.4, 0.5) is 5.82 Å². The van der Waals surface area contributed by atoms with E-state index in [0.29, 0.717) is 22.8 Å². The zero-order chi connectivity index (χ0) is 12.3. The lowest BCUT2D eigenvalue weighted by molar-refractivity contribution is 1.10. The lowest BCUT2D eigenvalue weighted by Gasteiger charge is -2.06. The zero-order valence-electron chi connectivity index (χ0n) is 9.18. The lowest BCUT2D eigenvalue weighted by atomic mass is 10.2. The summed E-state index contributed by atoms with van der Waals surface area (Å²) >= 11 is 0. The van der Waals surface area contributed by atoms with Gasteiger partial charge in [-0.2, -0.15) is 5.26 Å². The first-order chi connectivity index (χ1) is 8.26. The molecule has 0 aliphatic carbocycles. The van der Waals surface area contributed by atoms with Gasteiger partial charge in [0.05, 0.1) is 17.0 Å². The third-order valence-electron chi connectivity index (χ3n) is 2.28. The summed E-state index contributed by atoms with van der Waals surface area (Å²) in [6, 6.07) is 5.36. The van der Waals surface area contributed by atoms with Gasteiger partial charge in [0, 0.05) is 12.4 Å². The summed E-state index contributed by atoms with van der Waals surface area (Å²) in [5, 5.41) is 8.85. The second-order valence-corrected chi connectivity index (χ2v) is 3.34. The maximum atomic E-state index is 8.85. The first-order valence-corrected chi connectivity index (χ1v) is 4.92. The monoisotopic (exact) mass is 226 g/mol. The van der Waals surface area contributed by atoms with Crippen molar-refractivity contribution in [2.45, 2.75) is 6.92 Å². The standard InChI is InChI=1S/C11H10N6/c1-7-10(15-5-4-14-7)9-3-2-8(6-12)11(16-9)17-13/h2-5H,13H2,1H3,(H,16,17). The number of anilines is 1. The first-order valence-electron chi connectivity index (χ1n) is 4.92. The highest BCUT2D eigenvalue weighted by Crippen LogP contribution is 2.20. The van der Waals surface area contributed by atoms with E-state index in [1.54, 1.807) is 24.5 Å². The van der Waals surface area contributed by atoms with E-state index in [2.05, 4.69) is 20.4 Å². The molecule has 84 valence electrons. The molecule has 0 radical (unpaired) electrons. The van der Waals surface area contributed by atoms with Crippen molar-refractivity contribution in [2.75, 3.05) is 5.43 Å². The number of nitrogens with two attached hydrogens (primary N) is 1. The van der Waals surface area contributed by atoms with Crippen molar-refractivity contribution in [1.82, 2.24) is 15.0 Å². The molecule has 2 heterocycles. The first kappa shape index (κ1) is 11.0. The topological polar surface area (TPSA) is 101 Å². The molecule has 0 amide bonds. The van der Waals surface area contributed by atoms with Crippen LogP contribution in [0, 0.1) is 18.3 Å². The van der Waals surface area contributed by atoms with Gasteiger partial charge in [0.1, 0.15) is 11.8 Å². The van der Waals surface area contributed by atoms with Crippen LogP contribution in [0.3, 0.4) is 0 Å². The number of rotatable bonds is 2. The van der Waals surface area contributed by atoms with E-state index in [4.69, 9.17) is 11.1 Å². The molecule has 0 aliphatic heterocycles. The van der Waals surface area contributed by atoms with Crippen molar-refractivity contribution >= 4 is 5.82 Å². The molecule has 2 rings (SSSR count). The number of nitrogens with one attached hydrogen (secondary N) is 1. The summed E-state index contributed by atoms with van der Waals surface area (Å²) in [7, 11) is 0. The predicted octanol–water partition coefficient (Wildman–Crippen LogP) is 1.00. The number of hydrazine groups is 1. The summed E-state index contributed by atoms with van der Waals surface area (Å²) in [5.74, 6) is 5.64. The third-order valence-corrected chi connectivity index (χ3v) is 2.28. The van der Waals surface area contributed by atoms with E-state index in [9.17, 15) is 0 Å². The molecular weight excluding hydrogens is 216 g/mol. The van der Waals surface area contributed by atoms with Crippen molar-refractivity contribution in [3.8, 4) is 17.5 Å². The minimum absolute atomic E-state index is 0.329. The second-order valence-electron chi connectivity index (χ2n) is 3.34. The average Bonchev–Trinajstić information content (AvgIpc) is 2.38. The number of nitrogen functional groups attached to an aromatic ring is 1. The molecule has 0 saturated carbocycles. The molecule has 0 saturated heterocycles. The third kappa shape index (κ3) is 2.04. The van der Waals surface area contributed by atoms with E-state index in [-0.39, 0.29) is 0 Å². The van der Waals surface area contributed by atoms with E-state index in [0.717, 1.165) is 5.69 Å². The molecule has 6 nitrogen and oxygen atoms in total. The molecule has 0 fully saturated rings. The van der Waals surface area contributed by atoms with Gasteiger partial charge in [0.2, 0.25) is 0 Å². The van der Waals surface area contributed by atoms with Gasteiger partial charge in [0.25, 0.3) is 0 Å². The Morgan fingerprint density at radius 2 is 2.06 bits per heavy atom. The number of pyridine rings is 1. The molecule has 0 aromatic carbocycles. The summed E-state index contributed by atoms with van der Waals surface area (Å²) < 4.78 is 0. The summed E-state index contributed by atoms with van der Waals surface area (Å²) in [4.78, 5) is 12.6. The maximum Gasteiger partial charge on any atom is 0.158 e. The van der Waals surface area contributed by atoms with E-state index in [1.165, 1.54) is 0 Å². The van der Waals surface area contributed by atoms with Crippen molar-refractivity contribution < 1.29 is 0 Å². The minimum atomic E-state index is 0.329. The lowest BCUT2D eigenvalue weighted by Crippen LogP contribution is -2.11. The Morgan fingerprint density at radius 1 is 1.29 bits per heavy atom. The van der Waals surface area contributed by atoms with Gasteiger partial charge in [-0.05, 0) is 19.1 Å². The van der Waals surface area contributed by atoms with Gasteiger partial charge in [-0.1, -0.05) is 0 Å². The van der Waals surface area contributed by atoms with Gasteiger partial charge in [-0.3, -0.25) is 9.97 Å². The van der Waals surface area contributed by atoms with Crippen molar-refractivity contribution in [1.29, 1.82) is 5.26 Å². The maximum absolute atomic E-state index is 8.85. The number of nitrogens with zero attached hydrogens (tertiary/aromatic N) is 4. The molecule has 2 aromatic rings. The van der Waals surface area contributed by atoms with Crippen LogP contribution in [0.5, 0.6) is 0 Å². The van der Waals surface area contributed by atoms with Crippen LogP contribution >= 0.6 is 0 Å². The van der Waals surface area contributed by atoms with E-state index in [1.807, 2.05) is 13.0 Å². The molecule has 17 heavy (non-hydrogen) atoms. The molecule has 0 aliphatic rings. The average molecular weight is 226 g/mol. The van der Waals surface area contributed by atoms with Crippen LogP contribution in [0.15, 0.2) is 24.5 Å². The molecule has 0 unspecified atom stereocenters. The Balaban J connectivity index is 2.55. The fraction of sp³-hybridized carbons (Fsp3) is 0.0909. The van der Waals surface area contributed by atoms with Crippen molar-refractivity contribution in [2.24, 2.45) is 5.84 Å². The van der Waals surface area contributed by atoms with Crippen LogP contribution in [-0.2, 0) is 0 Å². The molecule has 3 N–H and O–H groups in total. The zero-order valence-corrected chi connectivity index (χ0v) is 9.18. The molecule has 0 spiro atoms. The normalized spacial score (nSPS) is 9.71. The van der Waals surface area contributed by atoms with Crippen LogP contribution < -0.4 is 11.3 Å². The Labute approximate surface area is 98.1 Å². The highest BCUT2D eigenvalue weighted by atomic mass is 15.3. The van der Waals surface area contributed by atoms with Crippen LogP contribution in [0.2, 0.25) is 0 Å². The Bertz CT molecular complexity index is 587. The van der Waals surface area contributed by atoms with Gasteiger partial charge in [-0.25, -0.2) is 10.8 Å². The fourth-order valence-corrected chi connectivity index (χ4v) is 1.45. The van der Waals surface area contributed by atoms with Crippen LogP contribution in [0.1, 0.15) is 11.3 Å². The van der Waals surface area contributed by atoms with Crippen LogP contribution in [-0.4, -0.2) is 15.0 Å². The van der Waals surface area contributed by atoms with Crippen LogP contribution in [0.25, 0.3) is 11.4 Å². The number of aromatic nitrogens is 3. The SMILES string of the molecule is Cc1nccnc1-c1ccc(C#N)c(NN)n1. The van der Waals surface area contributed by atoms with Gasteiger partial charge in [-0.15, -0.1) is 0 Å². The highest BCUT2D eigenvalue weighted by Gasteiger charge is 2.09. The summed E-state index contributed by atoms with van der Waals surface area (Å²) in [6.45, 7) is 1.85. The Morgan fingerprint density at radius 3 is 2.71 bits per heavy atom. The fourth-order valence-electron chi connectivity index (χ4n) is 1.45. The largest absolute Gasteiger partial charge is 0.307 e. The summed E-state index contributed by atoms with van der Waals surface area (Å²) in [6.07, 6.45) is 3.21. The van der Waals surface area contributed by atoms with Crippen molar-refractivity contribution in [3.05, 3.63) is 35.8 Å². The Hall–Kier alpha value is -2.52. The molecule has 6 heteroatoms. The van der Waals surface area contributed by atoms with Crippen molar-refractivity contribution in [3.63, 3.8) is 0 Å². The predicted molar refractivity (Wildman–Crippen MR) is 62.5 cm³/mol. The van der Waals surface area contributed by atoms with Gasteiger partial charge >= 0.3 is 0 Å². The molecule has 0 atom stereocenters.